The number of nitrogen functional groups attached to an aromatic ring is 1. The molecule has 2 unspecified atom stereocenters. The van der Waals surface area contributed by atoms with Crippen molar-refractivity contribution >= 4 is 19.3 Å². The lowest BCUT2D eigenvalue weighted by molar-refractivity contribution is -0.147. The number of aromatic nitrogens is 2. The summed E-state index contributed by atoms with van der Waals surface area (Å²) in [6.07, 6.45) is 4.37. The van der Waals surface area contributed by atoms with Gasteiger partial charge >= 0.3 is 11.7 Å². The van der Waals surface area contributed by atoms with Gasteiger partial charge in [-0.15, -0.1) is 0 Å². The largest absolute Gasteiger partial charge is 0.465 e. The summed E-state index contributed by atoms with van der Waals surface area (Å²) in [6, 6.07) is 0.770. The van der Waals surface area contributed by atoms with E-state index in [1.54, 1.807) is 0 Å². The molecule has 0 saturated carbocycles. The van der Waals surface area contributed by atoms with Crippen molar-refractivity contribution in [2.75, 3.05) is 25.3 Å². The van der Waals surface area contributed by atoms with E-state index in [4.69, 9.17) is 19.7 Å². The Morgan fingerprint density at radius 1 is 1.47 bits per heavy atom. The number of anilines is 1. The van der Waals surface area contributed by atoms with Gasteiger partial charge in [-0.3, -0.25) is 13.9 Å². The minimum absolute atomic E-state index is 0.0138. The molecule has 0 bridgehead atoms. The summed E-state index contributed by atoms with van der Waals surface area (Å²) in [4.78, 5) is 28.1. The number of hydrogen-bond donors (Lipinski definition) is 2. The van der Waals surface area contributed by atoms with Crippen molar-refractivity contribution in [2.24, 2.45) is 5.92 Å². The van der Waals surface area contributed by atoms with Crippen LogP contribution in [0.1, 0.15) is 46.5 Å². The third kappa shape index (κ3) is 7.19. The molecular weight excluding hydrogens is 411 g/mol. The molecule has 170 valence electrons. The summed E-state index contributed by atoms with van der Waals surface area (Å²) in [6.45, 7) is 6.47. The van der Waals surface area contributed by atoms with E-state index in [0.29, 0.717) is 13.0 Å². The Morgan fingerprint density at radius 2 is 2.23 bits per heavy atom. The van der Waals surface area contributed by atoms with Gasteiger partial charge in [-0.2, -0.15) is 4.98 Å². The fourth-order valence-electron chi connectivity index (χ4n) is 2.95. The smallest absolute Gasteiger partial charge is 0.349 e. The molecule has 1 aliphatic rings. The molecule has 1 saturated heterocycles. The molecule has 2 heterocycles. The third-order valence-corrected chi connectivity index (χ3v) is 6.77. The maximum atomic E-state index is 13.1. The third-order valence-electron chi connectivity index (χ3n) is 5.04. The van der Waals surface area contributed by atoms with Crippen molar-refractivity contribution in [1.29, 1.82) is 0 Å². The molecule has 1 aliphatic heterocycles. The second-order valence-electron chi connectivity index (χ2n) is 7.54. The first-order valence-electron chi connectivity index (χ1n) is 10.4. The average molecular weight is 444 g/mol. The first kappa shape index (κ1) is 24.5. The quantitative estimate of drug-likeness (QED) is 0.299. The van der Waals surface area contributed by atoms with Gasteiger partial charge in [-0.25, -0.2) is 9.88 Å². The van der Waals surface area contributed by atoms with Gasteiger partial charge in [0.05, 0.1) is 19.8 Å². The van der Waals surface area contributed by atoms with Crippen molar-refractivity contribution < 1.29 is 23.4 Å². The molecular formula is C19H33N4O6P. The summed E-state index contributed by atoms with van der Waals surface area (Å²) < 4.78 is 31.1. The summed E-state index contributed by atoms with van der Waals surface area (Å²) in [5, 5.41) is 2.86. The van der Waals surface area contributed by atoms with Crippen molar-refractivity contribution in [3.8, 4) is 0 Å². The topological polar surface area (TPSA) is 135 Å². The predicted octanol–water partition coefficient (Wildman–Crippen LogP) is 2.13. The molecule has 4 atom stereocenters. The first-order valence-corrected chi connectivity index (χ1v) is 12.2. The van der Waals surface area contributed by atoms with E-state index in [0.717, 1.165) is 19.3 Å². The lowest BCUT2D eigenvalue weighted by Crippen LogP contribution is -2.44. The monoisotopic (exact) mass is 444 g/mol. The zero-order valence-electron chi connectivity index (χ0n) is 17.9. The Morgan fingerprint density at radius 3 is 2.83 bits per heavy atom. The average Bonchev–Trinajstić information content (AvgIpc) is 2.72. The number of unbranched alkanes of at least 4 members (excludes halogenated alkanes) is 2. The molecule has 1 aromatic heterocycles. The van der Waals surface area contributed by atoms with Crippen LogP contribution >= 0.6 is 7.52 Å². The number of nitrogens with zero attached hydrogens (tertiary/aromatic N) is 2. The molecule has 2 rings (SSSR count). The highest BCUT2D eigenvalue weighted by Crippen LogP contribution is 2.47. The highest BCUT2D eigenvalue weighted by molar-refractivity contribution is 7.56. The van der Waals surface area contributed by atoms with E-state index in [2.05, 4.69) is 17.0 Å². The molecule has 0 amide bonds. The van der Waals surface area contributed by atoms with Gasteiger partial charge in [0.15, 0.2) is 0 Å². The summed E-state index contributed by atoms with van der Waals surface area (Å²) in [7, 11) is -3.39. The van der Waals surface area contributed by atoms with Crippen molar-refractivity contribution in [1.82, 2.24) is 14.6 Å². The number of esters is 1. The van der Waals surface area contributed by atoms with Gasteiger partial charge in [-0.05, 0) is 18.4 Å². The minimum Gasteiger partial charge on any atom is -0.465 e. The zero-order chi connectivity index (χ0) is 22.1. The van der Waals surface area contributed by atoms with Crippen LogP contribution in [0.25, 0.3) is 0 Å². The Hall–Kier alpha value is -1.74. The molecule has 1 aromatic rings. The van der Waals surface area contributed by atoms with Crippen LogP contribution < -0.4 is 16.5 Å². The number of nitrogens with one attached hydrogen (secondary N) is 1. The predicted molar refractivity (Wildman–Crippen MR) is 113 cm³/mol. The number of nitrogens with two attached hydrogens (primary N) is 1. The van der Waals surface area contributed by atoms with Gasteiger partial charge in [0.1, 0.15) is 24.3 Å². The Kier molecular flexibility index (Phi) is 9.48. The highest BCUT2D eigenvalue weighted by atomic mass is 31.2. The Labute approximate surface area is 177 Å². The van der Waals surface area contributed by atoms with Crippen LogP contribution in [0.5, 0.6) is 0 Å². The first-order chi connectivity index (χ1) is 14.3. The van der Waals surface area contributed by atoms with Crippen LogP contribution in [0.4, 0.5) is 5.82 Å². The maximum Gasteiger partial charge on any atom is 0.349 e. The summed E-state index contributed by atoms with van der Waals surface area (Å²) in [5.41, 5.74) is 4.99. The molecule has 0 radical (unpaired) electrons. The summed E-state index contributed by atoms with van der Waals surface area (Å²) in [5.74, 6) is -0.375. The maximum absolute atomic E-state index is 13.1. The lowest BCUT2D eigenvalue weighted by atomic mass is 10.0. The van der Waals surface area contributed by atoms with Crippen molar-refractivity contribution in [2.45, 2.75) is 65.1 Å². The van der Waals surface area contributed by atoms with Crippen LogP contribution in [0.15, 0.2) is 17.1 Å². The SMILES string of the molecule is CCCCCOC(=O)[C@@H](NP1(=O)CO[C@@H](Cn2ccc(N)nc2=O)CO1)C(C)CC. The second kappa shape index (κ2) is 11.6. The van der Waals surface area contributed by atoms with E-state index in [1.807, 2.05) is 13.8 Å². The Bertz CT molecular complexity index is 789. The summed E-state index contributed by atoms with van der Waals surface area (Å²) >= 11 is 0. The standard InChI is InChI=1S/C19H33N4O6P/c1-4-6-7-10-27-18(24)17(14(3)5-2)22-30(26)13-28-15(12-29-30)11-23-9-8-16(20)21-19(23)25/h8-9,14-15,17H,4-7,10-13H2,1-3H3,(H,22,26)(H2,20,21,25)/t14?,15-,17-,30?/m0/s1. The van der Waals surface area contributed by atoms with Crippen molar-refractivity contribution in [3.63, 3.8) is 0 Å². The molecule has 0 aromatic carbocycles. The zero-order valence-corrected chi connectivity index (χ0v) is 18.8. The van der Waals surface area contributed by atoms with E-state index < -0.39 is 31.3 Å². The van der Waals surface area contributed by atoms with Crippen molar-refractivity contribution in [3.05, 3.63) is 22.7 Å². The molecule has 0 aliphatic carbocycles. The number of rotatable bonds is 11. The van der Waals surface area contributed by atoms with Crippen LogP contribution in [0, 0.1) is 5.92 Å². The van der Waals surface area contributed by atoms with Gasteiger partial charge in [0.25, 0.3) is 7.52 Å². The molecule has 11 heteroatoms. The number of hydrogen-bond acceptors (Lipinski definition) is 8. The molecule has 3 N–H and O–H groups in total. The van der Waals surface area contributed by atoms with Gasteiger partial charge in [-0.1, -0.05) is 40.0 Å². The van der Waals surface area contributed by atoms with Crippen LogP contribution in [-0.2, 0) is 29.9 Å². The van der Waals surface area contributed by atoms with Gasteiger partial charge < -0.3 is 19.7 Å². The number of carbonyl (C=O) groups excluding carboxylic acids is 1. The Balaban J connectivity index is 1.93. The van der Waals surface area contributed by atoms with Crippen LogP contribution in [0.2, 0.25) is 0 Å². The molecule has 10 nitrogen and oxygen atoms in total. The van der Waals surface area contributed by atoms with Crippen LogP contribution in [0.3, 0.4) is 0 Å². The van der Waals surface area contributed by atoms with E-state index in [9.17, 15) is 14.2 Å². The van der Waals surface area contributed by atoms with Gasteiger partial charge in [0, 0.05) is 6.20 Å². The second-order valence-corrected chi connectivity index (χ2v) is 9.66. The number of ether oxygens (including phenoxy) is 2. The molecule has 0 spiro atoms. The number of carbonyl (C=O) groups is 1. The lowest BCUT2D eigenvalue weighted by Gasteiger charge is -2.33. The highest BCUT2D eigenvalue weighted by Gasteiger charge is 2.38. The normalized spacial score (nSPS) is 23.6. The van der Waals surface area contributed by atoms with E-state index in [1.165, 1.54) is 16.8 Å². The fraction of sp³-hybridized carbons (Fsp3) is 0.737. The molecule has 1 fully saturated rings. The fourth-order valence-corrected chi connectivity index (χ4v) is 4.77. The van der Waals surface area contributed by atoms with Crippen LogP contribution in [-0.4, -0.2) is 47.2 Å². The molecule has 30 heavy (non-hydrogen) atoms. The van der Waals surface area contributed by atoms with E-state index in [-0.39, 0.29) is 31.2 Å². The van der Waals surface area contributed by atoms with Gasteiger partial charge in [0.2, 0.25) is 0 Å². The van der Waals surface area contributed by atoms with E-state index >= 15 is 0 Å². The minimum atomic E-state index is -3.39.